The molecule has 0 spiro atoms. The Kier molecular flexibility index (Phi) is 4.64. The minimum Gasteiger partial charge on any atom is -0.364 e. The van der Waals surface area contributed by atoms with Gasteiger partial charge >= 0.3 is 6.03 Å². The topological polar surface area (TPSA) is 150 Å². The lowest BCUT2D eigenvalue weighted by Gasteiger charge is -2.19. The summed E-state index contributed by atoms with van der Waals surface area (Å²) in [5, 5.41) is 4.83. The lowest BCUT2D eigenvalue weighted by molar-refractivity contribution is 0.0988. The molecule has 3 aromatic heterocycles. The van der Waals surface area contributed by atoms with Gasteiger partial charge in [-0.25, -0.2) is 14.4 Å². The second-order valence-electron chi connectivity index (χ2n) is 6.22. The molecule has 0 bridgehead atoms. The quantitative estimate of drug-likeness (QED) is 0.531. The number of aromatic nitrogens is 4. The van der Waals surface area contributed by atoms with Gasteiger partial charge < -0.3 is 11.5 Å². The smallest absolute Gasteiger partial charge is 0.326 e. The van der Waals surface area contributed by atoms with Crippen LogP contribution < -0.4 is 16.4 Å². The van der Waals surface area contributed by atoms with Crippen LogP contribution in [0.25, 0.3) is 16.6 Å². The number of para-hydroxylation sites is 1. The number of hydrogen-bond donors (Lipinski definition) is 2. The monoisotopic (exact) mass is 401 g/mol. The molecule has 0 fully saturated rings. The van der Waals surface area contributed by atoms with Gasteiger partial charge in [-0.2, -0.15) is 5.10 Å². The van der Waals surface area contributed by atoms with Crippen LogP contribution >= 0.6 is 0 Å². The van der Waals surface area contributed by atoms with E-state index in [2.05, 4.69) is 15.1 Å². The van der Waals surface area contributed by atoms with Crippen molar-refractivity contribution in [1.29, 1.82) is 0 Å². The molecule has 3 heterocycles. The van der Waals surface area contributed by atoms with E-state index < -0.39 is 17.8 Å². The third-order valence-electron chi connectivity index (χ3n) is 4.42. The van der Waals surface area contributed by atoms with E-state index in [1.807, 2.05) is 0 Å². The van der Waals surface area contributed by atoms with E-state index in [1.165, 1.54) is 41.6 Å². The van der Waals surface area contributed by atoms with Crippen molar-refractivity contribution >= 4 is 34.4 Å². The van der Waals surface area contributed by atoms with Crippen LogP contribution in [-0.4, -0.2) is 37.6 Å². The number of nitrogens with zero attached hydrogens (tertiary/aromatic N) is 5. The van der Waals surface area contributed by atoms with Crippen molar-refractivity contribution in [3.63, 3.8) is 0 Å². The van der Waals surface area contributed by atoms with Crippen LogP contribution in [0.2, 0.25) is 0 Å². The number of carbonyl (C=O) groups excluding carboxylic acids is 3. The number of fused-ring (bicyclic) bond motifs is 1. The van der Waals surface area contributed by atoms with E-state index in [4.69, 9.17) is 11.5 Å². The van der Waals surface area contributed by atoms with E-state index in [9.17, 15) is 14.4 Å². The van der Waals surface area contributed by atoms with E-state index in [-0.39, 0.29) is 16.9 Å². The van der Waals surface area contributed by atoms with Gasteiger partial charge in [-0.05, 0) is 24.3 Å². The molecule has 0 unspecified atom stereocenters. The van der Waals surface area contributed by atoms with E-state index in [0.29, 0.717) is 16.6 Å². The van der Waals surface area contributed by atoms with Gasteiger partial charge in [0.1, 0.15) is 0 Å². The molecular weight excluding hydrogens is 386 g/mol. The maximum Gasteiger partial charge on any atom is 0.326 e. The number of amides is 4. The number of hydrogen-bond acceptors (Lipinski definition) is 6. The Labute approximate surface area is 169 Å². The van der Waals surface area contributed by atoms with Gasteiger partial charge in [-0.1, -0.05) is 18.2 Å². The lowest BCUT2D eigenvalue weighted by Crippen LogP contribution is -2.41. The average Bonchev–Trinajstić information content (AvgIpc) is 3.14. The molecule has 4 aromatic rings. The van der Waals surface area contributed by atoms with Crippen LogP contribution in [0.3, 0.4) is 0 Å². The minimum atomic E-state index is -0.968. The zero-order valence-corrected chi connectivity index (χ0v) is 15.5. The molecule has 0 radical (unpaired) electrons. The van der Waals surface area contributed by atoms with Crippen LogP contribution in [-0.2, 0) is 0 Å². The first kappa shape index (κ1) is 18.7. The second kappa shape index (κ2) is 7.43. The van der Waals surface area contributed by atoms with Crippen LogP contribution in [0.4, 0.5) is 10.5 Å². The Morgan fingerprint density at radius 2 is 1.60 bits per heavy atom. The first-order valence-corrected chi connectivity index (χ1v) is 8.75. The highest BCUT2D eigenvalue weighted by atomic mass is 16.2. The molecular formula is C20H15N7O3. The lowest BCUT2D eigenvalue weighted by atomic mass is 10.1. The zero-order chi connectivity index (χ0) is 21.3. The van der Waals surface area contributed by atoms with Crippen molar-refractivity contribution in [2.45, 2.75) is 0 Å². The molecule has 4 amide bonds. The number of urea groups is 1. The molecule has 0 aliphatic rings. The van der Waals surface area contributed by atoms with Crippen LogP contribution in [0.15, 0.2) is 67.3 Å². The van der Waals surface area contributed by atoms with E-state index >= 15 is 0 Å². The van der Waals surface area contributed by atoms with E-state index in [0.717, 1.165) is 4.90 Å². The van der Waals surface area contributed by atoms with Gasteiger partial charge in [0.15, 0.2) is 5.69 Å². The highest BCUT2D eigenvalue weighted by Gasteiger charge is 2.27. The summed E-state index contributed by atoms with van der Waals surface area (Å²) in [6.07, 6.45) is 5.63. The molecule has 30 heavy (non-hydrogen) atoms. The molecule has 4 N–H and O–H groups in total. The minimum absolute atomic E-state index is 0.0531. The first-order chi connectivity index (χ1) is 14.5. The molecule has 0 atom stereocenters. The summed E-state index contributed by atoms with van der Waals surface area (Å²) in [5.41, 5.74) is 12.2. The van der Waals surface area contributed by atoms with Crippen molar-refractivity contribution in [2.75, 3.05) is 4.90 Å². The number of primary amides is 2. The van der Waals surface area contributed by atoms with Crippen molar-refractivity contribution in [3.05, 3.63) is 78.5 Å². The summed E-state index contributed by atoms with van der Waals surface area (Å²) >= 11 is 0. The van der Waals surface area contributed by atoms with E-state index in [1.54, 1.807) is 30.3 Å². The molecule has 0 saturated carbocycles. The summed E-state index contributed by atoms with van der Waals surface area (Å²) in [4.78, 5) is 45.9. The van der Waals surface area contributed by atoms with Crippen molar-refractivity contribution in [3.8, 4) is 5.69 Å². The third-order valence-corrected chi connectivity index (χ3v) is 4.42. The predicted molar refractivity (Wildman–Crippen MR) is 108 cm³/mol. The Bertz CT molecular complexity index is 1280. The standard InChI is InChI=1S/C20H15N7O3/c21-18(28)17-13-3-1-2-4-15(13)27(25-17)16-7-10-24-11-14(16)19(29)26(20(22)30)12-5-8-23-9-6-12/h1-11H,(H2,21,28)(H2,22,30). The summed E-state index contributed by atoms with van der Waals surface area (Å²) in [7, 11) is 0. The second-order valence-corrected chi connectivity index (χ2v) is 6.22. The number of imide groups is 1. The fraction of sp³-hybridized carbons (Fsp3) is 0. The van der Waals surface area contributed by atoms with Gasteiger partial charge in [0.05, 0.1) is 22.5 Å². The highest BCUT2D eigenvalue weighted by Crippen LogP contribution is 2.25. The highest BCUT2D eigenvalue weighted by molar-refractivity contribution is 6.21. The van der Waals surface area contributed by atoms with Crippen LogP contribution in [0.1, 0.15) is 20.8 Å². The molecule has 0 saturated heterocycles. The number of benzene rings is 1. The number of rotatable bonds is 4. The Morgan fingerprint density at radius 1 is 0.900 bits per heavy atom. The number of carbonyl (C=O) groups is 3. The molecule has 0 aliphatic carbocycles. The first-order valence-electron chi connectivity index (χ1n) is 8.75. The average molecular weight is 401 g/mol. The van der Waals surface area contributed by atoms with Crippen molar-refractivity contribution in [2.24, 2.45) is 11.5 Å². The molecule has 10 nitrogen and oxygen atoms in total. The maximum absolute atomic E-state index is 13.3. The number of pyridine rings is 2. The molecule has 10 heteroatoms. The normalized spacial score (nSPS) is 10.7. The van der Waals surface area contributed by atoms with Gasteiger partial charge in [-0.3, -0.25) is 19.6 Å². The van der Waals surface area contributed by atoms with Crippen molar-refractivity contribution in [1.82, 2.24) is 19.7 Å². The van der Waals surface area contributed by atoms with Gasteiger partial charge in [0.25, 0.3) is 11.8 Å². The van der Waals surface area contributed by atoms with Gasteiger partial charge in [-0.15, -0.1) is 0 Å². The SMILES string of the molecule is NC(=O)c1nn(-c2ccncc2C(=O)N(C(N)=O)c2ccncc2)c2ccccc12. The summed E-state index contributed by atoms with van der Waals surface area (Å²) in [6, 6.07) is 10.5. The molecule has 0 aliphatic heterocycles. The van der Waals surface area contributed by atoms with Gasteiger partial charge in [0, 0.05) is 30.2 Å². The fourth-order valence-electron chi connectivity index (χ4n) is 3.13. The summed E-state index contributed by atoms with van der Waals surface area (Å²) < 4.78 is 1.41. The van der Waals surface area contributed by atoms with Crippen LogP contribution in [0, 0.1) is 0 Å². The Balaban J connectivity index is 1.91. The summed E-state index contributed by atoms with van der Waals surface area (Å²) in [6.45, 7) is 0. The zero-order valence-electron chi connectivity index (χ0n) is 15.5. The number of nitrogens with two attached hydrogens (primary N) is 2. The van der Waals surface area contributed by atoms with Crippen LogP contribution in [0.5, 0.6) is 0 Å². The summed E-state index contributed by atoms with van der Waals surface area (Å²) in [5.74, 6) is -1.42. The van der Waals surface area contributed by atoms with Gasteiger partial charge in [0.2, 0.25) is 0 Å². The number of anilines is 1. The van der Waals surface area contributed by atoms with Crippen molar-refractivity contribution < 1.29 is 14.4 Å². The molecule has 4 rings (SSSR count). The largest absolute Gasteiger partial charge is 0.364 e. The Morgan fingerprint density at radius 3 is 2.30 bits per heavy atom. The predicted octanol–water partition coefficient (Wildman–Crippen LogP) is 1.64. The molecule has 148 valence electrons. The Hall–Kier alpha value is -4.60. The molecule has 1 aromatic carbocycles. The third kappa shape index (κ3) is 3.11. The fourth-order valence-corrected chi connectivity index (χ4v) is 3.13. The maximum atomic E-state index is 13.3.